The van der Waals surface area contributed by atoms with Crippen molar-refractivity contribution in [2.24, 2.45) is 0 Å². The summed E-state index contributed by atoms with van der Waals surface area (Å²) in [6, 6.07) is 1.86. The second kappa shape index (κ2) is 4.27. The second-order valence-electron chi connectivity index (χ2n) is 3.20. The van der Waals surface area contributed by atoms with Gasteiger partial charge in [0.25, 0.3) is 0 Å². The van der Waals surface area contributed by atoms with E-state index in [-0.39, 0.29) is 0 Å². The number of nitrogen functional groups attached to an aromatic ring is 1. The molecular weight excluding hydrogens is 208 g/mol. The number of pyridine rings is 1. The summed E-state index contributed by atoms with van der Waals surface area (Å²) >= 11 is 1.64. The fourth-order valence-corrected chi connectivity index (χ4v) is 1.93. The third kappa shape index (κ3) is 2.44. The van der Waals surface area contributed by atoms with Gasteiger partial charge in [0.15, 0.2) is 0 Å². The molecule has 0 aliphatic carbocycles. The zero-order valence-corrected chi connectivity index (χ0v) is 9.21. The van der Waals surface area contributed by atoms with E-state index < -0.39 is 0 Å². The number of nitrogens with zero attached hydrogens (tertiary/aromatic N) is 2. The Labute approximate surface area is 92.2 Å². The van der Waals surface area contributed by atoms with E-state index in [9.17, 15) is 0 Å². The minimum atomic E-state index is 0.658. The van der Waals surface area contributed by atoms with Crippen molar-refractivity contribution in [3.05, 3.63) is 34.5 Å². The number of nitrogens with two attached hydrogens (primary N) is 1. The van der Waals surface area contributed by atoms with Gasteiger partial charge in [0.1, 0.15) is 5.01 Å². The molecule has 2 aromatic rings. The topological polar surface area (TPSA) is 63.8 Å². The van der Waals surface area contributed by atoms with Crippen LogP contribution in [0.4, 0.5) is 11.4 Å². The Morgan fingerprint density at radius 1 is 1.53 bits per heavy atom. The fourth-order valence-electron chi connectivity index (χ4n) is 1.22. The summed E-state index contributed by atoms with van der Waals surface area (Å²) in [6.45, 7) is 2.69. The van der Waals surface area contributed by atoms with Crippen LogP contribution in [-0.4, -0.2) is 9.97 Å². The van der Waals surface area contributed by atoms with Gasteiger partial charge in [-0.25, -0.2) is 4.98 Å². The van der Waals surface area contributed by atoms with Crippen molar-refractivity contribution in [1.82, 2.24) is 9.97 Å². The first-order valence-electron chi connectivity index (χ1n) is 4.60. The molecule has 15 heavy (non-hydrogen) atoms. The standard InChI is InChI=1S/C10H12N4S/c1-7-6-15-10(14-7)5-13-9-2-3-12-4-8(9)11/h2-4,6H,5,11H2,1H3,(H,12,13). The van der Waals surface area contributed by atoms with Crippen LogP contribution >= 0.6 is 11.3 Å². The maximum absolute atomic E-state index is 5.75. The molecule has 0 bridgehead atoms. The van der Waals surface area contributed by atoms with Gasteiger partial charge in [0.05, 0.1) is 24.1 Å². The fraction of sp³-hybridized carbons (Fsp3) is 0.200. The molecular formula is C10H12N4S. The molecule has 0 amide bonds. The highest BCUT2D eigenvalue weighted by molar-refractivity contribution is 7.09. The maximum Gasteiger partial charge on any atom is 0.112 e. The van der Waals surface area contributed by atoms with E-state index in [2.05, 4.69) is 15.3 Å². The molecule has 0 saturated carbocycles. The molecule has 0 atom stereocenters. The highest BCUT2D eigenvalue weighted by atomic mass is 32.1. The number of thiazole rings is 1. The first-order chi connectivity index (χ1) is 7.25. The van der Waals surface area contributed by atoms with Crippen LogP contribution in [0.25, 0.3) is 0 Å². The predicted molar refractivity (Wildman–Crippen MR) is 62.8 cm³/mol. The monoisotopic (exact) mass is 220 g/mol. The van der Waals surface area contributed by atoms with Crippen LogP contribution in [0.2, 0.25) is 0 Å². The van der Waals surface area contributed by atoms with E-state index in [0.717, 1.165) is 16.4 Å². The summed E-state index contributed by atoms with van der Waals surface area (Å²) in [5, 5.41) is 6.32. The van der Waals surface area contributed by atoms with E-state index >= 15 is 0 Å². The van der Waals surface area contributed by atoms with Crippen LogP contribution in [0.15, 0.2) is 23.8 Å². The Hall–Kier alpha value is -1.62. The number of hydrogen-bond donors (Lipinski definition) is 2. The number of hydrogen-bond acceptors (Lipinski definition) is 5. The largest absolute Gasteiger partial charge is 0.396 e. The third-order valence-electron chi connectivity index (χ3n) is 1.95. The van der Waals surface area contributed by atoms with E-state index in [1.807, 2.05) is 18.4 Å². The Bertz CT molecular complexity index is 452. The molecule has 0 radical (unpaired) electrons. The van der Waals surface area contributed by atoms with Crippen molar-refractivity contribution in [1.29, 1.82) is 0 Å². The second-order valence-corrected chi connectivity index (χ2v) is 4.14. The number of aryl methyl sites for hydroxylation is 1. The van der Waals surface area contributed by atoms with Crippen LogP contribution in [0.1, 0.15) is 10.7 Å². The lowest BCUT2D eigenvalue weighted by Gasteiger charge is -2.06. The molecule has 0 aliphatic heterocycles. The Morgan fingerprint density at radius 2 is 2.40 bits per heavy atom. The molecule has 0 aliphatic rings. The minimum Gasteiger partial charge on any atom is -0.396 e. The van der Waals surface area contributed by atoms with Crippen molar-refractivity contribution >= 4 is 22.7 Å². The van der Waals surface area contributed by atoms with Gasteiger partial charge in [-0.2, -0.15) is 0 Å². The van der Waals surface area contributed by atoms with Crippen LogP contribution < -0.4 is 11.1 Å². The molecule has 5 heteroatoms. The van der Waals surface area contributed by atoms with Gasteiger partial charge in [-0.1, -0.05) is 0 Å². The van der Waals surface area contributed by atoms with E-state index in [1.165, 1.54) is 0 Å². The SMILES string of the molecule is Cc1csc(CNc2ccncc2N)n1. The van der Waals surface area contributed by atoms with Crippen molar-refractivity contribution in [3.8, 4) is 0 Å². The van der Waals surface area contributed by atoms with E-state index in [4.69, 9.17) is 5.73 Å². The van der Waals surface area contributed by atoms with Crippen molar-refractivity contribution in [2.75, 3.05) is 11.1 Å². The number of anilines is 2. The third-order valence-corrected chi connectivity index (χ3v) is 2.92. The van der Waals surface area contributed by atoms with E-state index in [1.54, 1.807) is 23.7 Å². The lowest BCUT2D eigenvalue weighted by Crippen LogP contribution is -2.02. The van der Waals surface area contributed by atoms with Crippen molar-refractivity contribution < 1.29 is 0 Å². The summed E-state index contributed by atoms with van der Waals surface area (Å²) in [7, 11) is 0. The van der Waals surface area contributed by atoms with Crippen LogP contribution in [0.5, 0.6) is 0 Å². The molecule has 78 valence electrons. The van der Waals surface area contributed by atoms with Gasteiger partial charge in [-0.15, -0.1) is 11.3 Å². The molecule has 0 aromatic carbocycles. The van der Waals surface area contributed by atoms with Gasteiger partial charge >= 0.3 is 0 Å². The molecule has 3 N–H and O–H groups in total. The van der Waals surface area contributed by atoms with Crippen LogP contribution in [0, 0.1) is 6.92 Å². The maximum atomic E-state index is 5.75. The highest BCUT2D eigenvalue weighted by Gasteiger charge is 2.00. The summed E-state index contributed by atoms with van der Waals surface area (Å²) in [6.07, 6.45) is 3.35. The van der Waals surface area contributed by atoms with Gasteiger partial charge in [-0.3, -0.25) is 4.98 Å². The van der Waals surface area contributed by atoms with Crippen LogP contribution in [-0.2, 0) is 6.54 Å². The van der Waals surface area contributed by atoms with Gasteiger partial charge in [-0.05, 0) is 13.0 Å². The minimum absolute atomic E-state index is 0.658. The predicted octanol–water partition coefficient (Wildman–Crippen LogP) is 2.04. The number of nitrogens with one attached hydrogen (secondary N) is 1. The van der Waals surface area contributed by atoms with Crippen molar-refractivity contribution in [3.63, 3.8) is 0 Å². The van der Waals surface area contributed by atoms with Crippen molar-refractivity contribution in [2.45, 2.75) is 13.5 Å². The molecule has 0 fully saturated rings. The Balaban J connectivity index is 2.02. The van der Waals surface area contributed by atoms with Gasteiger partial charge in [0.2, 0.25) is 0 Å². The summed E-state index contributed by atoms with van der Waals surface area (Å²) < 4.78 is 0. The lowest BCUT2D eigenvalue weighted by atomic mass is 10.3. The van der Waals surface area contributed by atoms with E-state index in [0.29, 0.717) is 12.2 Å². The smallest absolute Gasteiger partial charge is 0.112 e. The zero-order valence-electron chi connectivity index (χ0n) is 8.40. The molecule has 4 nitrogen and oxygen atoms in total. The zero-order chi connectivity index (χ0) is 10.7. The molecule has 2 aromatic heterocycles. The first-order valence-corrected chi connectivity index (χ1v) is 5.48. The van der Waals surface area contributed by atoms with Crippen LogP contribution in [0.3, 0.4) is 0 Å². The molecule has 0 unspecified atom stereocenters. The molecule has 2 rings (SSSR count). The molecule has 0 spiro atoms. The Kier molecular flexibility index (Phi) is 2.82. The summed E-state index contributed by atoms with van der Waals surface area (Å²) in [5.74, 6) is 0. The van der Waals surface area contributed by atoms with Gasteiger partial charge < -0.3 is 11.1 Å². The summed E-state index contributed by atoms with van der Waals surface area (Å²) in [5.41, 5.74) is 8.36. The number of rotatable bonds is 3. The molecule has 0 saturated heterocycles. The quantitative estimate of drug-likeness (QED) is 0.830. The average Bonchev–Trinajstić information content (AvgIpc) is 2.63. The normalized spacial score (nSPS) is 10.2. The Morgan fingerprint density at radius 3 is 3.07 bits per heavy atom. The molecule has 2 heterocycles. The first kappa shape index (κ1) is 9.92. The average molecular weight is 220 g/mol. The lowest BCUT2D eigenvalue weighted by molar-refractivity contribution is 1.07. The highest BCUT2D eigenvalue weighted by Crippen LogP contribution is 2.17. The van der Waals surface area contributed by atoms with Gasteiger partial charge in [0, 0.05) is 17.3 Å². The summed E-state index contributed by atoms with van der Waals surface area (Å²) in [4.78, 5) is 8.28. The number of aromatic nitrogens is 2.